The predicted octanol–water partition coefficient (Wildman–Crippen LogP) is 13.2. The first kappa shape index (κ1) is 27.0. The number of hydrogen-bond acceptors (Lipinski definition) is 4. The summed E-state index contributed by atoms with van der Waals surface area (Å²) in [5, 5.41) is 3.58. The van der Waals surface area contributed by atoms with Crippen LogP contribution in [0.15, 0.2) is 198 Å². The summed E-state index contributed by atoms with van der Waals surface area (Å²) in [6.45, 7) is 0. The summed E-state index contributed by atoms with van der Waals surface area (Å²) < 4.78 is 51.3. The van der Waals surface area contributed by atoms with Crippen LogP contribution in [0.1, 0.15) is 6.85 Å². The maximum absolute atomic E-state index is 8.71. The van der Waals surface area contributed by atoms with Crippen molar-refractivity contribution in [1.29, 1.82) is 0 Å². The summed E-state index contributed by atoms with van der Waals surface area (Å²) in [6.07, 6.45) is 0. The van der Waals surface area contributed by atoms with Gasteiger partial charge in [0.1, 0.15) is 11.2 Å². The zero-order chi connectivity index (χ0) is 41.4. The van der Waals surface area contributed by atoms with Crippen molar-refractivity contribution in [3.05, 3.63) is 194 Å². The van der Waals surface area contributed by atoms with Gasteiger partial charge in [-0.2, -0.15) is 0 Å². The molecule has 0 unspecified atom stereocenters. The number of furan rings is 1. The minimum atomic E-state index is -0.417. The van der Waals surface area contributed by atoms with Gasteiger partial charge in [0.2, 0.25) is 0 Å². The molecule has 0 saturated heterocycles. The molecule has 0 bridgehead atoms. The van der Waals surface area contributed by atoms with Crippen LogP contribution in [-0.4, -0.2) is 19.5 Å². The first-order valence-electron chi connectivity index (χ1n) is 20.9. The van der Waals surface area contributed by atoms with Gasteiger partial charge < -0.3 is 8.98 Å². The quantitative estimate of drug-likeness (QED) is 0.172. The number of aromatic nitrogens is 4. The summed E-state index contributed by atoms with van der Waals surface area (Å²) in [6, 6.07) is 52.6. The lowest BCUT2D eigenvalue weighted by atomic mass is 9.99. The molecule has 11 rings (SSSR count). The van der Waals surface area contributed by atoms with Crippen LogP contribution in [0, 0.1) is 0 Å². The Morgan fingerprint density at radius 2 is 1.05 bits per heavy atom. The highest BCUT2D eigenvalue weighted by Crippen LogP contribution is 2.43. The van der Waals surface area contributed by atoms with Crippen LogP contribution < -0.4 is 0 Å². The van der Waals surface area contributed by atoms with Crippen LogP contribution in [0.2, 0.25) is 0 Å². The van der Waals surface area contributed by atoms with Gasteiger partial charge in [-0.15, -0.1) is 0 Å². The van der Waals surface area contributed by atoms with Crippen molar-refractivity contribution in [2.24, 2.45) is 0 Å². The van der Waals surface area contributed by atoms with Crippen molar-refractivity contribution in [2.45, 2.75) is 0 Å². The van der Waals surface area contributed by atoms with E-state index in [1.54, 1.807) is 0 Å². The Hall–Kier alpha value is -7.63. The molecule has 56 heavy (non-hydrogen) atoms. The van der Waals surface area contributed by atoms with Crippen LogP contribution in [0.25, 0.3) is 106 Å². The molecule has 0 saturated carbocycles. The zero-order valence-electron chi connectivity index (χ0n) is 34.8. The van der Waals surface area contributed by atoms with E-state index in [2.05, 4.69) is 41.0 Å². The lowest BCUT2D eigenvalue weighted by Crippen LogP contribution is -2.00. The molecule has 3 aromatic heterocycles. The monoisotopic (exact) mass is 721 g/mol. The smallest absolute Gasteiger partial charge is 0.164 e. The van der Waals surface area contributed by atoms with Gasteiger partial charge in [-0.05, 0) is 53.1 Å². The van der Waals surface area contributed by atoms with E-state index >= 15 is 0 Å². The summed E-state index contributed by atoms with van der Waals surface area (Å²) in [4.78, 5) is 15.1. The third kappa shape index (κ3) is 5.29. The molecule has 0 N–H and O–H groups in total. The number of para-hydroxylation sites is 1. The van der Waals surface area contributed by atoms with Crippen molar-refractivity contribution in [1.82, 2.24) is 19.5 Å². The van der Waals surface area contributed by atoms with Crippen molar-refractivity contribution < 1.29 is 11.3 Å². The van der Waals surface area contributed by atoms with E-state index in [0.717, 1.165) is 71.7 Å². The number of fused-ring (bicyclic) bond motifs is 6. The van der Waals surface area contributed by atoms with Crippen LogP contribution in [0.3, 0.4) is 0 Å². The van der Waals surface area contributed by atoms with E-state index in [1.807, 2.05) is 127 Å². The fourth-order valence-corrected chi connectivity index (χ4v) is 7.79. The van der Waals surface area contributed by atoms with E-state index in [1.165, 1.54) is 0 Å². The lowest BCUT2D eigenvalue weighted by molar-refractivity contribution is 0.670. The Bertz CT molecular complexity index is 3450. The fourth-order valence-electron chi connectivity index (χ4n) is 7.79. The molecule has 5 nitrogen and oxygen atoms in total. The third-order valence-electron chi connectivity index (χ3n) is 10.3. The molecule has 262 valence electrons. The summed E-state index contributed by atoms with van der Waals surface area (Å²) in [7, 11) is 0. The van der Waals surface area contributed by atoms with Gasteiger partial charge in [0, 0.05) is 49.5 Å². The summed E-state index contributed by atoms with van der Waals surface area (Å²) in [5.74, 6) is 1.64. The Kier molecular flexibility index (Phi) is 6.29. The van der Waals surface area contributed by atoms with Crippen molar-refractivity contribution in [3.8, 4) is 62.1 Å². The molecular formula is C51H32N4O. The highest BCUT2D eigenvalue weighted by molar-refractivity contribution is 6.17. The average molecular weight is 722 g/mol. The first-order chi connectivity index (χ1) is 29.8. The highest BCUT2D eigenvalue weighted by Gasteiger charge is 2.22. The van der Waals surface area contributed by atoms with Gasteiger partial charge in [-0.3, -0.25) is 0 Å². The molecule has 0 aliphatic heterocycles. The number of rotatable bonds is 6. The first-order valence-corrected chi connectivity index (χ1v) is 18.4. The predicted molar refractivity (Wildman–Crippen MR) is 229 cm³/mol. The number of hydrogen-bond donors (Lipinski definition) is 0. The molecule has 0 aliphatic rings. The van der Waals surface area contributed by atoms with Gasteiger partial charge in [-0.1, -0.05) is 158 Å². The third-order valence-corrected chi connectivity index (χ3v) is 10.3. The molecule has 0 aliphatic carbocycles. The minimum Gasteiger partial charge on any atom is -0.455 e. The molecule has 3 heterocycles. The van der Waals surface area contributed by atoms with Gasteiger partial charge in [0.25, 0.3) is 0 Å². The molecule has 11 aromatic rings. The van der Waals surface area contributed by atoms with Gasteiger partial charge in [0.05, 0.1) is 17.9 Å². The fraction of sp³-hybridized carbons (Fsp3) is 0. The molecule has 5 heteroatoms. The second-order valence-electron chi connectivity index (χ2n) is 13.6. The van der Waals surface area contributed by atoms with Crippen LogP contribution >= 0.6 is 0 Å². The maximum Gasteiger partial charge on any atom is 0.164 e. The minimum absolute atomic E-state index is 0.166. The molecule has 0 spiro atoms. The van der Waals surface area contributed by atoms with Crippen LogP contribution in [-0.2, 0) is 0 Å². The highest BCUT2D eigenvalue weighted by atomic mass is 16.3. The standard InChI is InChI=1S/C51H32N4O/c1-5-16-33(17-6-1)37-28-29-45-42(30-37)39-24-13-14-26-44(39)55(45)38-31-41(34-18-7-2-8-19-34)48-43(32-38)47-40(25-15-27-46(47)56-48)51-53-49(35-20-9-3-10-21-35)52-50(54-51)36-22-11-4-12-23-36/h1-32H/i1D,5D,6D,16D,17D. The largest absolute Gasteiger partial charge is 0.455 e. The SMILES string of the molecule is [2H]c1c([2H])c([2H])c(-c2ccc3c(c2)c2ccccc2n3-c2cc(-c3ccccc3)c3oc4cccc(-c5nc(-c6ccccc6)nc(-c6ccccc6)n5)c4c3c2)c([2H])c1[2H]. The zero-order valence-corrected chi connectivity index (χ0v) is 29.8. The molecular weight excluding hydrogens is 685 g/mol. The molecule has 0 fully saturated rings. The Balaban J connectivity index is 1.19. The van der Waals surface area contributed by atoms with E-state index < -0.39 is 6.04 Å². The van der Waals surface area contributed by atoms with Crippen molar-refractivity contribution in [2.75, 3.05) is 0 Å². The Morgan fingerprint density at radius 1 is 0.429 bits per heavy atom. The van der Waals surface area contributed by atoms with Gasteiger partial charge >= 0.3 is 0 Å². The van der Waals surface area contributed by atoms with E-state index in [0.29, 0.717) is 28.6 Å². The maximum atomic E-state index is 8.71. The van der Waals surface area contributed by atoms with E-state index in [-0.39, 0.29) is 29.7 Å². The molecule has 0 atom stereocenters. The van der Waals surface area contributed by atoms with E-state index in [4.69, 9.17) is 26.2 Å². The van der Waals surface area contributed by atoms with Crippen LogP contribution in [0.5, 0.6) is 0 Å². The summed E-state index contributed by atoms with van der Waals surface area (Å²) >= 11 is 0. The summed E-state index contributed by atoms with van der Waals surface area (Å²) in [5.41, 5.74) is 9.29. The molecule has 0 radical (unpaired) electrons. The van der Waals surface area contributed by atoms with Crippen molar-refractivity contribution >= 4 is 43.7 Å². The lowest BCUT2D eigenvalue weighted by Gasteiger charge is -2.12. The second kappa shape index (κ2) is 13.0. The van der Waals surface area contributed by atoms with Gasteiger partial charge in [-0.25, -0.2) is 15.0 Å². The average Bonchev–Trinajstić information content (AvgIpc) is 3.86. The Labute approximate surface area is 329 Å². The normalized spacial score (nSPS) is 12.8. The van der Waals surface area contributed by atoms with E-state index in [9.17, 15) is 0 Å². The molecule has 0 amide bonds. The van der Waals surface area contributed by atoms with Crippen LogP contribution in [0.4, 0.5) is 0 Å². The second-order valence-corrected chi connectivity index (χ2v) is 13.6. The Morgan fingerprint density at radius 3 is 1.77 bits per heavy atom. The van der Waals surface area contributed by atoms with Crippen molar-refractivity contribution in [3.63, 3.8) is 0 Å². The topological polar surface area (TPSA) is 56.7 Å². The number of benzene rings is 8. The molecule has 8 aromatic carbocycles. The number of nitrogens with zero attached hydrogens (tertiary/aromatic N) is 4. The van der Waals surface area contributed by atoms with Gasteiger partial charge in [0.15, 0.2) is 17.5 Å².